The first-order chi connectivity index (χ1) is 4.22. The van der Waals surface area contributed by atoms with Crippen molar-refractivity contribution in [2.45, 2.75) is 6.42 Å². The van der Waals surface area contributed by atoms with E-state index in [2.05, 4.69) is 0 Å². The molecule has 1 aliphatic heterocycles. The monoisotopic (exact) mass is 146 g/mol. The van der Waals surface area contributed by atoms with Gasteiger partial charge in [0.15, 0.2) is 0 Å². The average molecular weight is 146 g/mol. The van der Waals surface area contributed by atoms with E-state index in [4.69, 9.17) is 0 Å². The molecule has 0 saturated carbocycles. The predicted octanol–water partition coefficient (Wildman–Crippen LogP) is -0.451. The minimum absolute atomic E-state index is 0. The van der Waals surface area contributed by atoms with Gasteiger partial charge >= 0.3 is 6.03 Å². The zero-order valence-corrected chi connectivity index (χ0v) is 6.42. The third-order valence-corrected chi connectivity index (χ3v) is 1.64. The lowest BCUT2D eigenvalue weighted by Crippen LogP contribution is -2.44. The Balaban J connectivity index is 0.000000810. The topological polar surface area (TPSA) is 55.0 Å². The van der Waals surface area contributed by atoms with Crippen LogP contribution < -0.4 is 0 Å². The molecule has 1 saturated heterocycles. The minimum atomic E-state index is 0. The van der Waals surface area contributed by atoms with Crippen LogP contribution in [0.3, 0.4) is 0 Å². The molecule has 60 valence electrons. The van der Waals surface area contributed by atoms with E-state index in [9.17, 15) is 4.79 Å². The molecule has 2 N–H and O–H groups in total. The Morgan fingerprint density at radius 3 is 1.90 bits per heavy atom. The zero-order valence-electron chi connectivity index (χ0n) is 6.42. The van der Waals surface area contributed by atoms with Crippen LogP contribution in [-0.2, 0) is 0 Å². The van der Waals surface area contributed by atoms with Gasteiger partial charge in [-0.15, -0.1) is 0 Å². The van der Waals surface area contributed by atoms with Crippen LogP contribution in [0.1, 0.15) is 6.42 Å². The number of nitrogens with zero attached hydrogens (tertiary/aromatic N) is 2. The summed E-state index contributed by atoms with van der Waals surface area (Å²) < 4.78 is 0. The van der Waals surface area contributed by atoms with Gasteiger partial charge in [0.05, 0.1) is 0 Å². The second-order valence-electron chi connectivity index (χ2n) is 2.48. The molecule has 2 amide bonds. The van der Waals surface area contributed by atoms with Gasteiger partial charge in [0, 0.05) is 27.2 Å². The van der Waals surface area contributed by atoms with Gasteiger partial charge in [-0.05, 0) is 6.42 Å². The highest BCUT2D eigenvalue weighted by Gasteiger charge is 2.17. The maximum Gasteiger partial charge on any atom is 0.319 e. The molecule has 1 fully saturated rings. The molecule has 0 aromatic carbocycles. The number of carbonyl (C=O) groups is 1. The van der Waals surface area contributed by atoms with E-state index in [-0.39, 0.29) is 11.5 Å². The Morgan fingerprint density at radius 1 is 1.20 bits per heavy atom. The zero-order chi connectivity index (χ0) is 6.85. The molecule has 1 heterocycles. The van der Waals surface area contributed by atoms with Gasteiger partial charge in [-0.2, -0.15) is 0 Å². The summed E-state index contributed by atoms with van der Waals surface area (Å²) in [4.78, 5) is 14.5. The van der Waals surface area contributed by atoms with E-state index < -0.39 is 0 Å². The lowest BCUT2D eigenvalue weighted by molar-refractivity contribution is 0.153. The summed E-state index contributed by atoms with van der Waals surface area (Å²) in [5.74, 6) is 0. The number of rotatable bonds is 0. The summed E-state index contributed by atoms with van der Waals surface area (Å²) in [5, 5.41) is 0. The standard InChI is InChI=1S/C6H12N2O.H2O/c1-7-4-3-5-8(2)6(7)9;/h3-5H2,1-2H3;1H2. The molecule has 0 radical (unpaired) electrons. The Morgan fingerprint density at radius 2 is 1.60 bits per heavy atom. The maximum atomic E-state index is 11.0. The lowest BCUT2D eigenvalue weighted by Gasteiger charge is -2.30. The first-order valence-electron chi connectivity index (χ1n) is 3.18. The van der Waals surface area contributed by atoms with Crippen LogP contribution in [0.25, 0.3) is 0 Å². The first-order valence-corrected chi connectivity index (χ1v) is 3.18. The summed E-state index contributed by atoms with van der Waals surface area (Å²) in [6, 6.07) is 0.140. The van der Waals surface area contributed by atoms with Crippen LogP contribution in [0.5, 0.6) is 0 Å². The quantitative estimate of drug-likeness (QED) is 0.456. The second kappa shape index (κ2) is 3.41. The van der Waals surface area contributed by atoms with Gasteiger partial charge in [-0.25, -0.2) is 4.79 Å². The first kappa shape index (κ1) is 9.23. The molecule has 0 aromatic rings. The molecule has 0 unspecified atom stereocenters. The summed E-state index contributed by atoms with van der Waals surface area (Å²) in [6.45, 7) is 1.81. The van der Waals surface area contributed by atoms with Crippen LogP contribution in [0, 0.1) is 0 Å². The summed E-state index contributed by atoms with van der Waals surface area (Å²) >= 11 is 0. The molecule has 10 heavy (non-hydrogen) atoms. The van der Waals surface area contributed by atoms with Crippen molar-refractivity contribution in [2.75, 3.05) is 27.2 Å². The third kappa shape index (κ3) is 1.60. The predicted molar refractivity (Wildman–Crippen MR) is 38.9 cm³/mol. The molecule has 1 rings (SSSR count). The van der Waals surface area contributed by atoms with E-state index in [1.165, 1.54) is 0 Å². The summed E-state index contributed by atoms with van der Waals surface area (Å²) in [6.07, 6.45) is 1.10. The van der Waals surface area contributed by atoms with Gasteiger partial charge in [0.25, 0.3) is 0 Å². The molecule has 0 bridgehead atoms. The number of amides is 2. The Labute approximate surface area is 60.7 Å². The third-order valence-electron chi connectivity index (χ3n) is 1.64. The summed E-state index contributed by atoms with van der Waals surface area (Å²) in [7, 11) is 3.66. The molecule has 0 aromatic heterocycles. The van der Waals surface area contributed by atoms with Crippen molar-refractivity contribution in [3.63, 3.8) is 0 Å². The van der Waals surface area contributed by atoms with Crippen molar-refractivity contribution in [3.8, 4) is 0 Å². The molecule has 4 heteroatoms. The molecule has 0 atom stereocenters. The highest BCUT2D eigenvalue weighted by Crippen LogP contribution is 2.02. The molecule has 0 aliphatic carbocycles. The molecule has 4 nitrogen and oxygen atoms in total. The van der Waals surface area contributed by atoms with Crippen molar-refractivity contribution >= 4 is 6.03 Å². The summed E-state index contributed by atoms with van der Waals surface area (Å²) in [5.41, 5.74) is 0. The van der Waals surface area contributed by atoms with E-state index in [1.54, 1.807) is 9.80 Å². The fraction of sp³-hybridized carbons (Fsp3) is 0.833. The fourth-order valence-electron chi connectivity index (χ4n) is 1.03. The van der Waals surface area contributed by atoms with E-state index >= 15 is 0 Å². The number of urea groups is 1. The van der Waals surface area contributed by atoms with Crippen molar-refractivity contribution in [1.82, 2.24) is 9.80 Å². The fourth-order valence-corrected chi connectivity index (χ4v) is 1.03. The molecular formula is C6H14N2O2. The number of hydrogen-bond acceptors (Lipinski definition) is 1. The normalized spacial score (nSPS) is 18.8. The Hall–Kier alpha value is -0.770. The second-order valence-corrected chi connectivity index (χ2v) is 2.48. The number of carbonyl (C=O) groups excluding carboxylic acids is 1. The smallest absolute Gasteiger partial charge is 0.319 e. The van der Waals surface area contributed by atoms with Gasteiger partial charge in [-0.3, -0.25) is 0 Å². The van der Waals surface area contributed by atoms with Gasteiger partial charge in [-0.1, -0.05) is 0 Å². The minimum Gasteiger partial charge on any atom is -0.412 e. The highest BCUT2D eigenvalue weighted by molar-refractivity contribution is 5.74. The van der Waals surface area contributed by atoms with Gasteiger partial charge < -0.3 is 15.3 Å². The maximum absolute atomic E-state index is 11.0. The van der Waals surface area contributed by atoms with Gasteiger partial charge in [0.1, 0.15) is 0 Å². The van der Waals surface area contributed by atoms with Crippen LogP contribution in [0.15, 0.2) is 0 Å². The van der Waals surface area contributed by atoms with Gasteiger partial charge in [0.2, 0.25) is 0 Å². The van der Waals surface area contributed by atoms with Crippen molar-refractivity contribution in [2.24, 2.45) is 0 Å². The van der Waals surface area contributed by atoms with Crippen LogP contribution in [-0.4, -0.2) is 48.5 Å². The van der Waals surface area contributed by atoms with Crippen molar-refractivity contribution in [3.05, 3.63) is 0 Å². The van der Waals surface area contributed by atoms with Crippen LogP contribution >= 0.6 is 0 Å². The molecule has 0 spiro atoms. The van der Waals surface area contributed by atoms with Crippen LogP contribution in [0.2, 0.25) is 0 Å². The van der Waals surface area contributed by atoms with E-state index in [0.717, 1.165) is 19.5 Å². The van der Waals surface area contributed by atoms with E-state index in [1.807, 2.05) is 14.1 Å². The SMILES string of the molecule is CN1CCCN(C)C1=O.O. The van der Waals surface area contributed by atoms with Crippen molar-refractivity contribution < 1.29 is 10.3 Å². The highest BCUT2D eigenvalue weighted by atomic mass is 16.2. The molecular weight excluding hydrogens is 132 g/mol. The number of hydrogen-bond donors (Lipinski definition) is 0. The average Bonchev–Trinajstić information content (AvgIpc) is 1.83. The van der Waals surface area contributed by atoms with E-state index in [0.29, 0.717) is 0 Å². The Bertz CT molecular complexity index is 115. The lowest BCUT2D eigenvalue weighted by atomic mass is 10.3. The Kier molecular flexibility index (Phi) is 3.15. The van der Waals surface area contributed by atoms with Crippen molar-refractivity contribution in [1.29, 1.82) is 0 Å². The van der Waals surface area contributed by atoms with Crippen LogP contribution in [0.4, 0.5) is 4.79 Å². The molecule has 1 aliphatic rings. The largest absolute Gasteiger partial charge is 0.412 e.